The molecule has 0 aromatic heterocycles. The van der Waals surface area contributed by atoms with Gasteiger partial charge < -0.3 is 30.7 Å². The predicted octanol–water partition coefficient (Wildman–Crippen LogP) is 2.58. The maximum absolute atomic E-state index is 14.5. The fourth-order valence-corrected chi connectivity index (χ4v) is 5.69. The van der Waals surface area contributed by atoms with Gasteiger partial charge in [-0.25, -0.2) is 0 Å². The van der Waals surface area contributed by atoms with Crippen LogP contribution in [0.1, 0.15) is 79.9 Å². The van der Waals surface area contributed by atoms with E-state index in [1.54, 1.807) is 67.6 Å². The number of aryl methyl sites for hydroxylation is 1. The number of nitrogens with one attached hydrogen (secondary N) is 4. The van der Waals surface area contributed by atoms with E-state index in [9.17, 15) is 24.0 Å². The van der Waals surface area contributed by atoms with Crippen LogP contribution in [0.15, 0.2) is 60.7 Å². The van der Waals surface area contributed by atoms with Gasteiger partial charge in [-0.05, 0) is 55.5 Å². The van der Waals surface area contributed by atoms with Gasteiger partial charge in [-0.3, -0.25) is 28.9 Å². The lowest BCUT2D eigenvalue weighted by molar-refractivity contribution is -0.135. The molecule has 12 nitrogen and oxygen atoms in total. The van der Waals surface area contributed by atoms with Crippen LogP contribution in [0.3, 0.4) is 0 Å². The molecular weight excluding hydrogens is 662 g/mol. The minimum Gasteiger partial charge on any atom is -0.379 e. The van der Waals surface area contributed by atoms with Gasteiger partial charge in [0.15, 0.2) is 5.78 Å². The van der Waals surface area contributed by atoms with Gasteiger partial charge in [0.1, 0.15) is 23.7 Å². The van der Waals surface area contributed by atoms with Crippen LogP contribution in [0.5, 0.6) is 0 Å². The van der Waals surface area contributed by atoms with Crippen molar-refractivity contribution in [3.05, 3.63) is 71.8 Å². The summed E-state index contributed by atoms with van der Waals surface area (Å²) in [6.45, 7) is -8.53. The van der Waals surface area contributed by atoms with E-state index in [2.05, 4.69) is 21.3 Å². The predicted molar refractivity (Wildman–Crippen MR) is 198 cm³/mol. The second-order valence-electron chi connectivity index (χ2n) is 13.6. The van der Waals surface area contributed by atoms with Gasteiger partial charge in [-0.1, -0.05) is 88.2 Å². The van der Waals surface area contributed by atoms with E-state index in [-0.39, 0.29) is 38.2 Å². The summed E-state index contributed by atoms with van der Waals surface area (Å²) >= 11 is 0. The lowest BCUT2D eigenvalue weighted by Gasteiger charge is -2.29. The Labute approximate surface area is 323 Å². The number of ether oxygens (including phenoxy) is 2. The second kappa shape index (κ2) is 19.6. The van der Waals surface area contributed by atoms with Crippen LogP contribution in [0, 0.1) is 11.8 Å². The smallest absolute Gasteiger partial charge is 0.243 e. The molecular formula is C40H57N5O7. The zero-order valence-electron chi connectivity index (χ0n) is 40.8. The first-order chi connectivity index (χ1) is 29.1. The molecule has 2 heterocycles. The Bertz CT molecular complexity index is 1890. The van der Waals surface area contributed by atoms with E-state index in [0.29, 0.717) is 16.0 Å². The summed E-state index contributed by atoms with van der Waals surface area (Å²) in [6, 6.07) is 10.8. The van der Waals surface area contributed by atoms with Crippen molar-refractivity contribution >= 4 is 29.4 Å². The van der Waals surface area contributed by atoms with Gasteiger partial charge in [0.2, 0.25) is 23.6 Å². The third-order valence-electron chi connectivity index (χ3n) is 8.63. The van der Waals surface area contributed by atoms with Crippen molar-refractivity contribution in [1.82, 2.24) is 26.2 Å². The number of amides is 4. The van der Waals surface area contributed by atoms with Gasteiger partial charge in [0.05, 0.1) is 32.4 Å². The highest BCUT2D eigenvalue weighted by molar-refractivity contribution is 5.98. The maximum atomic E-state index is 14.5. The molecule has 4 N–H and O–H groups in total. The molecule has 0 saturated carbocycles. The number of epoxide rings is 1. The van der Waals surface area contributed by atoms with Crippen LogP contribution in [0.25, 0.3) is 0 Å². The first-order valence-corrected chi connectivity index (χ1v) is 17.4. The van der Waals surface area contributed by atoms with Crippen LogP contribution in [-0.2, 0) is 46.3 Å². The molecule has 2 aromatic rings. The van der Waals surface area contributed by atoms with Crippen LogP contribution in [-0.4, -0.2) is 103 Å². The average molecular weight is 731 g/mol. The monoisotopic (exact) mass is 730 g/mol. The molecule has 0 radical (unpaired) electrons. The molecule has 4 rings (SSSR count). The normalized spacial score (nSPS) is 25.3. The average Bonchev–Trinajstić information content (AvgIpc) is 3.94. The molecule has 284 valence electrons. The van der Waals surface area contributed by atoms with Crippen molar-refractivity contribution in [3.63, 3.8) is 0 Å². The van der Waals surface area contributed by atoms with Crippen molar-refractivity contribution in [1.29, 1.82) is 0 Å². The number of hydrogen-bond donors (Lipinski definition) is 4. The Morgan fingerprint density at radius 1 is 0.808 bits per heavy atom. The number of Topliss-reactive ketones (excluding diaryl/α,β-unsaturated/α-hetero) is 1. The van der Waals surface area contributed by atoms with Crippen molar-refractivity contribution in [3.8, 4) is 0 Å². The van der Waals surface area contributed by atoms with Gasteiger partial charge in [0, 0.05) is 34.5 Å². The first-order valence-electron chi connectivity index (χ1n) is 22.9. The molecule has 4 amide bonds. The van der Waals surface area contributed by atoms with Crippen LogP contribution in [0.4, 0.5) is 0 Å². The summed E-state index contributed by atoms with van der Waals surface area (Å²) in [5, 5.41) is 10.0. The number of rotatable bonds is 20. The SMILES string of the molecule is [2H]C1([2H])COCC([2H])([2H])N1CC(=O)N[C@@H](CCc1ccccc1)C(=O)N[C@@H](CC([2H])(C([2H])([2H])[2H])C([2H])([2H])[2H])C(=O)N[C@@H](Cc1ccccc1)C(=O)N[C@@H](CC(C)C)C(=O)[C@@]1(C)CO1. The Balaban J connectivity index is 1.71. The number of carbonyl (C=O) groups is 5. The van der Waals surface area contributed by atoms with Gasteiger partial charge in [-0.15, -0.1) is 0 Å². The van der Waals surface area contributed by atoms with E-state index in [1.807, 2.05) is 13.8 Å². The molecule has 0 bridgehead atoms. The number of morpholine rings is 1. The molecule has 2 aliphatic rings. The van der Waals surface area contributed by atoms with Gasteiger partial charge in [0.25, 0.3) is 0 Å². The number of hydrogen-bond acceptors (Lipinski definition) is 8. The Kier molecular flexibility index (Phi) is 10.4. The van der Waals surface area contributed by atoms with E-state index in [0.717, 1.165) is 0 Å². The van der Waals surface area contributed by atoms with Crippen molar-refractivity contribution in [2.75, 3.05) is 39.4 Å². The summed E-state index contributed by atoms with van der Waals surface area (Å²) in [4.78, 5) is 70.6. The van der Waals surface area contributed by atoms with Crippen molar-refractivity contribution < 1.29 is 48.5 Å². The zero-order chi connectivity index (χ0) is 47.2. The molecule has 2 saturated heterocycles. The quantitative estimate of drug-likeness (QED) is 0.152. The lowest BCUT2D eigenvalue weighted by Crippen LogP contribution is -2.59. The Morgan fingerprint density at radius 2 is 1.37 bits per heavy atom. The van der Waals surface area contributed by atoms with E-state index < -0.39 is 118 Å². The largest absolute Gasteiger partial charge is 0.379 e. The zero-order valence-corrected chi connectivity index (χ0v) is 29.8. The molecule has 0 spiro atoms. The minimum atomic E-state index is -3.55. The number of nitrogens with zero attached hydrogens (tertiary/aromatic N) is 1. The molecule has 2 aromatic carbocycles. The summed E-state index contributed by atoms with van der Waals surface area (Å²) < 4.78 is 101. The van der Waals surface area contributed by atoms with Crippen LogP contribution in [0.2, 0.25) is 0 Å². The summed E-state index contributed by atoms with van der Waals surface area (Å²) in [7, 11) is 0. The summed E-state index contributed by atoms with van der Waals surface area (Å²) in [6.07, 6.45) is -1.32. The number of ketones is 1. The van der Waals surface area contributed by atoms with Crippen LogP contribution < -0.4 is 21.3 Å². The number of benzene rings is 2. The lowest BCUT2D eigenvalue weighted by atomic mass is 9.93. The van der Waals surface area contributed by atoms with E-state index in [1.165, 1.54) is 0 Å². The molecule has 2 aliphatic heterocycles. The third kappa shape index (κ3) is 13.1. The highest BCUT2D eigenvalue weighted by Crippen LogP contribution is 2.29. The van der Waals surface area contributed by atoms with Gasteiger partial charge in [-0.2, -0.15) is 0 Å². The fourth-order valence-electron chi connectivity index (χ4n) is 5.69. The minimum absolute atomic E-state index is 0.0690. The highest BCUT2D eigenvalue weighted by Gasteiger charge is 2.50. The Morgan fingerprint density at radius 3 is 1.96 bits per heavy atom. The highest BCUT2D eigenvalue weighted by atomic mass is 16.6. The maximum Gasteiger partial charge on any atom is 0.243 e. The van der Waals surface area contributed by atoms with E-state index in [4.69, 9.17) is 24.6 Å². The van der Waals surface area contributed by atoms with Crippen molar-refractivity contribution in [2.24, 2.45) is 11.8 Å². The fraction of sp³-hybridized carbons (Fsp3) is 0.575. The molecule has 12 heteroatoms. The number of carbonyl (C=O) groups excluding carboxylic acids is 5. The van der Waals surface area contributed by atoms with Crippen molar-refractivity contribution in [2.45, 2.75) is 96.3 Å². The molecule has 0 aliphatic carbocycles. The standard InChI is InChI=1S/C40H57N5O7/c1-27(2)22-32(36(47)40(5)26-52-40)42-39(50)34(24-30-14-10-7-11-15-30)44-38(49)33(23-28(3)4)43-37(48)31(17-16-29-12-8-6-9-13-29)41-35(46)25-45-18-20-51-21-19-45/h6-15,27-28,31-34H,16-26H2,1-5H3,(H,41,46)(H,42,50)(H,43,48)(H,44,49)/t31-,32-,33-,34-,40+/m0/s1/i3D3,4D3,18D2,19D2,28D. The molecule has 0 unspecified atom stereocenters. The topological polar surface area (TPSA) is 158 Å². The molecule has 2 fully saturated rings. The molecule has 5 atom stereocenters. The molecule has 52 heavy (non-hydrogen) atoms. The van der Waals surface area contributed by atoms with Gasteiger partial charge >= 0.3 is 0 Å². The summed E-state index contributed by atoms with van der Waals surface area (Å²) in [5.74, 6) is -8.04. The van der Waals surface area contributed by atoms with E-state index >= 15 is 0 Å². The second-order valence-corrected chi connectivity index (χ2v) is 13.6. The summed E-state index contributed by atoms with van der Waals surface area (Å²) in [5.41, 5.74) is 0.134. The first kappa shape index (κ1) is 27.5. The third-order valence-corrected chi connectivity index (χ3v) is 8.63. The Hall–Kier alpha value is -4.13. The van der Waals surface area contributed by atoms with Crippen LogP contribution >= 0.6 is 0 Å².